The largest absolute Gasteiger partial charge is 0.493 e. The number of rotatable bonds is 6. The number of hydrogen-bond donors (Lipinski definition) is 2. The average molecular weight is 373 g/mol. The Morgan fingerprint density at radius 1 is 1.19 bits per heavy atom. The lowest BCUT2D eigenvalue weighted by atomic mass is 9.91. The molecule has 4 rings (SSSR count). The number of aromatic nitrogens is 3. The van der Waals surface area contributed by atoms with Crippen LogP contribution >= 0.6 is 0 Å². The summed E-state index contributed by atoms with van der Waals surface area (Å²) in [6.45, 7) is 5.29. The van der Waals surface area contributed by atoms with Crippen LogP contribution in [0.15, 0.2) is 24.4 Å². The van der Waals surface area contributed by atoms with E-state index in [0.29, 0.717) is 18.5 Å². The number of pyridine rings is 1. The Bertz CT molecular complexity index is 743. The van der Waals surface area contributed by atoms with Gasteiger partial charge >= 0.3 is 0 Å². The molecule has 0 saturated carbocycles. The highest BCUT2D eigenvalue weighted by molar-refractivity contribution is 5.39. The highest BCUT2D eigenvalue weighted by Crippen LogP contribution is 2.32. The predicted molar refractivity (Wildman–Crippen MR) is 99.9 cm³/mol. The zero-order valence-electron chi connectivity index (χ0n) is 15.5. The second-order valence-electron chi connectivity index (χ2n) is 7.16. The number of ether oxygens (including phenoxy) is 1. The fourth-order valence-electron chi connectivity index (χ4n) is 4.10. The molecule has 2 N–H and O–H groups in total. The van der Waals surface area contributed by atoms with Gasteiger partial charge in [0.15, 0.2) is 5.82 Å². The lowest BCUT2D eigenvalue weighted by molar-refractivity contribution is -0.0159. The molecule has 27 heavy (non-hydrogen) atoms. The Hall–Kier alpha value is -2.00. The SMILES string of the molecule is OCOCCN1CCN(C2CCc3nn(-c4ccccn4)c(O)c3C2)CC1. The van der Waals surface area contributed by atoms with E-state index in [-0.39, 0.29) is 12.7 Å². The second-order valence-corrected chi connectivity index (χ2v) is 7.16. The Kier molecular flexibility index (Phi) is 5.68. The molecule has 0 aromatic carbocycles. The van der Waals surface area contributed by atoms with Crippen molar-refractivity contribution in [2.75, 3.05) is 46.1 Å². The van der Waals surface area contributed by atoms with Crippen molar-refractivity contribution in [3.05, 3.63) is 35.7 Å². The van der Waals surface area contributed by atoms with E-state index in [9.17, 15) is 5.11 Å². The number of hydrogen-bond acceptors (Lipinski definition) is 7. The molecule has 1 unspecified atom stereocenters. The molecule has 8 nitrogen and oxygen atoms in total. The molecule has 8 heteroatoms. The quantitative estimate of drug-likeness (QED) is 0.560. The highest BCUT2D eigenvalue weighted by Gasteiger charge is 2.31. The fraction of sp³-hybridized carbons (Fsp3) is 0.579. The van der Waals surface area contributed by atoms with E-state index in [0.717, 1.165) is 63.2 Å². The third-order valence-corrected chi connectivity index (χ3v) is 5.63. The van der Waals surface area contributed by atoms with Crippen LogP contribution < -0.4 is 0 Å². The van der Waals surface area contributed by atoms with E-state index in [1.54, 1.807) is 10.9 Å². The first kappa shape index (κ1) is 18.4. The van der Waals surface area contributed by atoms with Crippen LogP contribution in [-0.4, -0.2) is 86.9 Å². The summed E-state index contributed by atoms with van der Waals surface area (Å²) in [4.78, 5) is 9.20. The summed E-state index contributed by atoms with van der Waals surface area (Å²) in [5.41, 5.74) is 1.96. The molecule has 1 aliphatic carbocycles. The molecule has 0 amide bonds. The Morgan fingerprint density at radius 2 is 2.04 bits per heavy atom. The van der Waals surface area contributed by atoms with Gasteiger partial charge in [-0.1, -0.05) is 6.07 Å². The number of fused-ring (bicyclic) bond motifs is 1. The van der Waals surface area contributed by atoms with Gasteiger partial charge in [-0.05, 0) is 31.4 Å². The molecule has 1 atom stereocenters. The van der Waals surface area contributed by atoms with Gasteiger partial charge in [-0.15, -0.1) is 0 Å². The molecule has 3 heterocycles. The van der Waals surface area contributed by atoms with Gasteiger partial charge in [0, 0.05) is 50.5 Å². The Morgan fingerprint density at radius 3 is 2.78 bits per heavy atom. The topological polar surface area (TPSA) is 86.9 Å². The van der Waals surface area contributed by atoms with E-state index in [1.165, 1.54) is 0 Å². The molecule has 1 aliphatic heterocycles. The molecule has 0 spiro atoms. The van der Waals surface area contributed by atoms with E-state index in [4.69, 9.17) is 9.84 Å². The van der Waals surface area contributed by atoms with Crippen LogP contribution in [0.2, 0.25) is 0 Å². The zero-order chi connectivity index (χ0) is 18.6. The summed E-state index contributed by atoms with van der Waals surface area (Å²) in [6, 6.07) is 6.06. The van der Waals surface area contributed by atoms with E-state index in [2.05, 4.69) is 19.9 Å². The molecule has 1 saturated heterocycles. The van der Waals surface area contributed by atoms with Crippen LogP contribution in [0.25, 0.3) is 5.82 Å². The van der Waals surface area contributed by atoms with Crippen LogP contribution in [0, 0.1) is 0 Å². The predicted octanol–water partition coefficient (Wildman–Crippen LogP) is 0.414. The van der Waals surface area contributed by atoms with Crippen molar-refractivity contribution in [1.82, 2.24) is 24.6 Å². The summed E-state index contributed by atoms with van der Waals surface area (Å²) in [5, 5.41) is 24.0. The summed E-state index contributed by atoms with van der Waals surface area (Å²) < 4.78 is 6.59. The van der Waals surface area contributed by atoms with E-state index >= 15 is 0 Å². The standard InChI is InChI=1S/C19H27N5O3/c25-14-27-12-11-22-7-9-23(10-8-22)15-4-5-17-16(13-15)19(26)24(21-17)18-3-1-2-6-20-18/h1-3,6,15,25-26H,4-5,7-14H2. The monoisotopic (exact) mass is 373 g/mol. The van der Waals surface area contributed by atoms with Gasteiger partial charge in [0.2, 0.25) is 5.88 Å². The van der Waals surface area contributed by atoms with Crippen molar-refractivity contribution in [1.29, 1.82) is 0 Å². The number of nitrogens with zero attached hydrogens (tertiary/aromatic N) is 5. The summed E-state index contributed by atoms with van der Waals surface area (Å²) in [5.74, 6) is 0.882. The fourth-order valence-corrected chi connectivity index (χ4v) is 4.10. The maximum atomic E-state index is 10.7. The molecule has 146 valence electrons. The van der Waals surface area contributed by atoms with Gasteiger partial charge in [-0.25, -0.2) is 4.98 Å². The number of piperazine rings is 1. The number of aliphatic hydroxyl groups excluding tert-OH is 1. The van der Waals surface area contributed by atoms with Gasteiger partial charge in [-0.3, -0.25) is 9.80 Å². The van der Waals surface area contributed by atoms with Crippen LogP contribution in [-0.2, 0) is 17.6 Å². The van der Waals surface area contributed by atoms with Crippen LogP contribution in [0.4, 0.5) is 0 Å². The zero-order valence-corrected chi connectivity index (χ0v) is 15.5. The summed E-state index contributed by atoms with van der Waals surface area (Å²) in [6.07, 6.45) is 4.50. The number of aliphatic hydroxyl groups is 1. The average Bonchev–Trinajstić information content (AvgIpc) is 3.05. The minimum absolute atomic E-state index is 0.208. The van der Waals surface area contributed by atoms with Crippen molar-refractivity contribution in [2.24, 2.45) is 0 Å². The first-order chi connectivity index (χ1) is 13.3. The smallest absolute Gasteiger partial charge is 0.219 e. The van der Waals surface area contributed by atoms with Gasteiger partial charge in [0.25, 0.3) is 0 Å². The van der Waals surface area contributed by atoms with Crippen LogP contribution in [0.1, 0.15) is 17.7 Å². The first-order valence-corrected chi connectivity index (χ1v) is 9.62. The highest BCUT2D eigenvalue weighted by atomic mass is 16.6. The third kappa shape index (κ3) is 3.98. The maximum absolute atomic E-state index is 10.7. The summed E-state index contributed by atoms with van der Waals surface area (Å²) >= 11 is 0. The maximum Gasteiger partial charge on any atom is 0.219 e. The van der Waals surface area contributed by atoms with Crippen molar-refractivity contribution in [3.8, 4) is 11.7 Å². The molecule has 0 radical (unpaired) electrons. The van der Waals surface area contributed by atoms with Crippen molar-refractivity contribution in [2.45, 2.75) is 25.3 Å². The summed E-state index contributed by atoms with van der Waals surface area (Å²) in [7, 11) is 0. The minimum Gasteiger partial charge on any atom is -0.493 e. The molecule has 1 fully saturated rings. The van der Waals surface area contributed by atoms with Gasteiger partial charge in [-0.2, -0.15) is 9.78 Å². The molecule has 0 bridgehead atoms. The second kappa shape index (κ2) is 8.35. The molecule has 2 aromatic heterocycles. The van der Waals surface area contributed by atoms with Gasteiger partial charge in [0.05, 0.1) is 12.3 Å². The Labute approximate surface area is 159 Å². The van der Waals surface area contributed by atoms with Crippen molar-refractivity contribution in [3.63, 3.8) is 0 Å². The normalized spacial score (nSPS) is 21.3. The first-order valence-electron chi connectivity index (χ1n) is 9.62. The van der Waals surface area contributed by atoms with E-state index in [1.807, 2.05) is 18.2 Å². The Balaban J connectivity index is 1.39. The molecule has 2 aliphatic rings. The number of aromatic hydroxyl groups is 1. The lowest BCUT2D eigenvalue weighted by Gasteiger charge is -2.40. The van der Waals surface area contributed by atoms with E-state index < -0.39 is 0 Å². The third-order valence-electron chi connectivity index (χ3n) is 5.63. The molecular weight excluding hydrogens is 346 g/mol. The van der Waals surface area contributed by atoms with Crippen LogP contribution in [0.3, 0.4) is 0 Å². The lowest BCUT2D eigenvalue weighted by Crippen LogP contribution is -2.52. The van der Waals surface area contributed by atoms with Crippen molar-refractivity contribution >= 4 is 0 Å². The van der Waals surface area contributed by atoms with Crippen LogP contribution in [0.5, 0.6) is 5.88 Å². The van der Waals surface area contributed by atoms with Crippen molar-refractivity contribution < 1.29 is 14.9 Å². The van der Waals surface area contributed by atoms with Gasteiger partial charge < -0.3 is 14.9 Å². The van der Waals surface area contributed by atoms with Gasteiger partial charge in [0.1, 0.15) is 6.79 Å². The molecular formula is C19H27N5O3. The molecule has 2 aromatic rings. The minimum atomic E-state index is -0.208. The number of aryl methyl sites for hydroxylation is 1.